The molecule has 0 saturated carbocycles. The van der Waals surface area contributed by atoms with Gasteiger partial charge in [-0.25, -0.2) is 4.79 Å². The van der Waals surface area contributed by atoms with E-state index in [2.05, 4.69) is 5.32 Å². The molecule has 0 spiro atoms. The standard InChI is InChI=1S/C21H30N4O5/c1-3-17(24-20(27)15-7-5-14(6-8-15)19(22)23)21(28)25-11-9-16(10-12-25)30-13-18(26)29-4-2/h5-8,16-17H,3-4,9-13H2,1-2H3,(H3,22,23)(H,24,27). The predicted octanol–water partition coefficient (Wildman–Crippen LogP) is 1.05. The lowest BCUT2D eigenvalue weighted by molar-refractivity contribution is -0.152. The van der Waals surface area contributed by atoms with Crippen molar-refractivity contribution < 1.29 is 23.9 Å². The van der Waals surface area contributed by atoms with Gasteiger partial charge in [0.25, 0.3) is 5.91 Å². The second kappa shape index (κ2) is 11.3. The highest BCUT2D eigenvalue weighted by Gasteiger charge is 2.29. The monoisotopic (exact) mass is 418 g/mol. The van der Waals surface area contributed by atoms with Crippen LogP contribution in [0.3, 0.4) is 0 Å². The number of carbonyl (C=O) groups excluding carboxylic acids is 3. The van der Waals surface area contributed by atoms with Gasteiger partial charge >= 0.3 is 5.97 Å². The summed E-state index contributed by atoms with van der Waals surface area (Å²) < 4.78 is 10.4. The van der Waals surface area contributed by atoms with Gasteiger partial charge in [-0.2, -0.15) is 0 Å². The van der Waals surface area contributed by atoms with E-state index in [1.807, 2.05) is 6.92 Å². The van der Waals surface area contributed by atoms with Gasteiger partial charge in [0, 0.05) is 24.2 Å². The summed E-state index contributed by atoms with van der Waals surface area (Å²) >= 11 is 0. The predicted molar refractivity (Wildman–Crippen MR) is 111 cm³/mol. The van der Waals surface area contributed by atoms with Crippen LogP contribution in [0.2, 0.25) is 0 Å². The molecule has 1 aliphatic heterocycles. The molecule has 1 atom stereocenters. The zero-order chi connectivity index (χ0) is 22.1. The molecule has 0 bridgehead atoms. The number of amides is 2. The number of ether oxygens (including phenoxy) is 2. The molecule has 2 amide bonds. The van der Waals surface area contributed by atoms with Crippen molar-refractivity contribution in [2.45, 2.75) is 45.3 Å². The van der Waals surface area contributed by atoms with Gasteiger partial charge < -0.3 is 25.4 Å². The molecule has 9 nitrogen and oxygen atoms in total. The number of esters is 1. The van der Waals surface area contributed by atoms with Crippen molar-refractivity contribution >= 4 is 23.6 Å². The molecule has 1 heterocycles. The number of amidine groups is 1. The van der Waals surface area contributed by atoms with E-state index in [1.165, 1.54) is 0 Å². The highest BCUT2D eigenvalue weighted by atomic mass is 16.6. The lowest BCUT2D eigenvalue weighted by atomic mass is 10.1. The third-order valence-corrected chi connectivity index (χ3v) is 4.97. The zero-order valence-electron chi connectivity index (χ0n) is 17.5. The Hall–Kier alpha value is -2.94. The van der Waals surface area contributed by atoms with E-state index in [0.717, 1.165) is 0 Å². The number of carbonyl (C=O) groups is 3. The van der Waals surface area contributed by atoms with E-state index in [9.17, 15) is 14.4 Å². The van der Waals surface area contributed by atoms with Crippen LogP contribution >= 0.6 is 0 Å². The van der Waals surface area contributed by atoms with Gasteiger partial charge in [-0.3, -0.25) is 15.0 Å². The molecule has 1 unspecified atom stereocenters. The number of nitrogens with zero attached hydrogens (tertiary/aromatic N) is 1. The summed E-state index contributed by atoms with van der Waals surface area (Å²) in [4.78, 5) is 38.5. The van der Waals surface area contributed by atoms with Crippen LogP contribution in [0.5, 0.6) is 0 Å². The largest absolute Gasteiger partial charge is 0.464 e. The summed E-state index contributed by atoms with van der Waals surface area (Å²) in [5, 5.41) is 10.2. The van der Waals surface area contributed by atoms with Gasteiger partial charge in [0.2, 0.25) is 5.91 Å². The Balaban J connectivity index is 1.85. The lowest BCUT2D eigenvalue weighted by Crippen LogP contribution is -2.51. The van der Waals surface area contributed by atoms with Crippen LogP contribution < -0.4 is 11.1 Å². The fourth-order valence-corrected chi connectivity index (χ4v) is 3.23. The maximum atomic E-state index is 12.8. The molecule has 1 saturated heterocycles. The first-order valence-corrected chi connectivity index (χ1v) is 10.2. The Morgan fingerprint density at radius 1 is 1.17 bits per heavy atom. The van der Waals surface area contributed by atoms with Crippen molar-refractivity contribution in [3.8, 4) is 0 Å². The average molecular weight is 418 g/mol. The molecule has 9 heteroatoms. The Labute approximate surface area is 176 Å². The minimum absolute atomic E-state index is 0.0711. The van der Waals surface area contributed by atoms with Crippen molar-refractivity contribution in [3.63, 3.8) is 0 Å². The quantitative estimate of drug-likeness (QED) is 0.312. The fraction of sp³-hybridized carbons (Fsp3) is 0.524. The van der Waals surface area contributed by atoms with E-state index in [4.69, 9.17) is 20.6 Å². The molecule has 2 rings (SSSR count). The van der Waals surface area contributed by atoms with Crippen LogP contribution in [0.4, 0.5) is 0 Å². The number of hydrogen-bond acceptors (Lipinski definition) is 6. The summed E-state index contributed by atoms with van der Waals surface area (Å²) in [6, 6.07) is 5.73. The van der Waals surface area contributed by atoms with E-state index in [1.54, 1.807) is 36.1 Å². The number of benzene rings is 1. The maximum absolute atomic E-state index is 12.8. The van der Waals surface area contributed by atoms with E-state index >= 15 is 0 Å². The third kappa shape index (κ3) is 6.55. The molecule has 30 heavy (non-hydrogen) atoms. The molecular weight excluding hydrogens is 388 g/mol. The van der Waals surface area contributed by atoms with Crippen molar-refractivity contribution in [1.29, 1.82) is 5.41 Å². The summed E-state index contributed by atoms with van der Waals surface area (Å²) in [7, 11) is 0. The van der Waals surface area contributed by atoms with E-state index in [0.29, 0.717) is 50.1 Å². The number of piperidine rings is 1. The summed E-state index contributed by atoms with van der Waals surface area (Å²) in [6.07, 6.45) is 1.63. The topological polar surface area (TPSA) is 135 Å². The fourth-order valence-electron chi connectivity index (χ4n) is 3.23. The third-order valence-electron chi connectivity index (χ3n) is 4.97. The molecule has 1 aromatic rings. The Morgan fingerprint density at radius 3 is 2.30 bits per heavy atom. The molecule has 1 aliphatic rings. The molecule has 0 aromatic heterocycles. The molecule has 4 N–H and O–H groups in total. The van der Waals surface area contributed by atoms with Crippen molar-refractivity contribution in [2.24, 2.45) is 5.73 Å². The number of likely N-dealkylation sites (tertiary alicyclic amines) is 1. The van der Waals surface area contributed by atoms with Gasteiger partial charge in [-0.1, -0.05) is 19.1 Å². The van der Waals surface area contributed by atoms with Crippen LogP contribution in [0, 0.1) is 5.41 Å². The molecule has 164 valence electrons. The first-order chi connectivity index (χ1) is 14.3. The molecule has 1 aromatic carbocycles. The lowest BCUT2D eigenvalue weighted by Gasteiger charge is -2.34. The van der Waals surface area contributed by atoms with Crippen LogP contribution in [-0.4, -0.2) is 67.0 Å². The molecule has 0 aliphatic carbocycles. The normalized spacial score (nSPS) is 15.3. The summed E-state index contributed by atoms with van der Waals surface area (Å²) in [5.41, 5.74) is 6.35. The van der Waals surface area contributed by atoms with Gasteiger partial charge in [-0.15, -0.1) is 0 Å². The molecule has 0 radical (unpaired) electrons. The number of rotatable bonds is 9. The van der Waals surface area contributed by atoms with Crippen LogP contribution in [0.25, 0.3) is 0 Å². The minimum Gasteiger partial charge on any atom is -0.464 e. The summed E-state index contributed by atoms with van der Waals surface area (Å²) in [5.74, 6) is -0.938. The van der Waals surface area contributed by atoms with Crippen molar-refractivity contribution in [1.82, 2.24) is 10.2 Å². The smallest absolute Gasteiger partial charge is 0.332 e. The second-order valence-electron chi connectivity index (χ2n) is 7.07. The Morgan fingerprint density at radius 2 is 1.77 bits per heavy atom. The van der Waals surface area contributed by atoms with Gasteiger partial charge in [0.15, 0.2) is 0 Å². The van der Waals surface area contributed by atoms with Crippen LogP contribution in [0.15, 0.2) is 24.3 Å². The first-order valence-electron chi connectivity index (χ1n) is 10.2. The Kier molecular flexibility index (Phi) is 8.79. The number of nitrogen functional groups attached to an aromatic ring is 1. The highest BCUT2D eigenvalue weighted by Crippen LogP contribution is 2.16. The minimum atomic E-state index is -0.623. The van der Waals surface area contributed by atoms with Gasteiger partial charge in [0.1, 0.15) is 18.5 Å². The Bertz CT molecular complexity index is 757. The summed E-state index contributed by atoms with van der Waals surface area (Å²) in [6.45, 7) is 4.84. The van der Waals surface area contributed by atoms with Crippen molar-refractivity contribution in [2.75, 3.05) is 26.3 Å². The molecule has 1 fully saturated rings. The zero-order valence-corrected chi connectivity index (χ0v) is 17.5. The van der Waals surface area contributed by atoms with E-state index < -0.39 is 6.04 Å². The van der Waals surface area contributed by atoms with Crippen LogP contribution in [-0.2, 0) is 19.1 Å². The first kappa shape index (κ1) is 23.3. The van der Waals surface area contributed by atoms with Gasteiger partial charge in [-0.05, 0) is 38.3 Å². The second-order valence-corrected chi connectivity index (χ2v) is 7.07. The number of hydrogen-bond donors (Lipinski definition) is 3. The molecular formula is C21H30N4O5. The van der Waals surface area contributed by atoms with Crippen molar-refractivity contribution in [3.05, 3.63) is 35.4 Å². The maximum Gasteiger partial charge on any atom is 0.332 e. The highest BCUT2D eigenvalue weighted by molar-refractivity contribution is 5.99. The van der Waals surface area contributed by atoms with Crippen LogP contribution in [0.1, 0.15) is 49.0 Å². The van der Waals surface area contributed by atoms with Gasteiger partial charge in [0.05, 0.1) is 12.7 Å². The van der Waals surface area contributed by atoms with E-state index in [-0.39, 0.29) is 36.3 Å². The SMILES string of the molecule is CCOC(=O)COC1CCN(C(=O)C(CC)NC(=O)c2ccc(C(=N)N)cc2)CC1. The average Bonchev–Trinajstić information content (AvgIpc) is 2.76. The number of nitrogens with one attached hydrogen (secondary N) is 2. The number of nitrogens with two attached hydrogens (primary N) is 1.